The summed E-state index contributed by atoms with van der Waals surface area (Å²) in [5.74, 6) is -1.21. The topological polar surface area (TPSA) is 52.6 Å². The number of likely N-dealkylation sites (N-methyl/N-ethyl adjacent to an activating group) is 1. The van der Waals surface area contributed by atoms with Crippen LogP contribution in [0.25, 0.3) is 0 Å². The quantitative estimate of drug-likeness (QED) is 0.841. The zero-order chi connectivity index (χ0) is 15.3. The van der Waals surface area contributed by atoms with Gasteiger partial charge in [-0.15, -0.1) is 0 Å². The number of carbonyl (C=O) groups excluding carboxylic acids is 1. The lowest BCUT2D eigenvalue weighted by atomic mass is 10.0. The fourth-order valence-corrected chi connectivity index (χ4v) is 2.18. The van der Waals surface area contributed by atoms with Crippen LogP contribution in [0.3, 0.4) is 0 Å². The summed E-state index contributed by atoms with van der Waals surface area (Å²) in [5.41, 5.74) is -0.292. The smallest absolute Gasteiger partial charge is 0.258 e. The van der Waals surface area contributed by atoms with Crippen molar-refractivity contribution in [3.63, 3.8) is 0 Å². The standard InChI is InChI=1S/C15H23FN2O2/c1-10(2)8-11(9-18(3)4)17-15(20)14-12(16)6-5-7-13(14)19/h5-7,10-11,19H,8-9H2,1-4H3,(H,17,20). The van der Waals surface area contributed by atoms with E-state index < -0.39 is 11.7 Å². The first-order chi connectivity index (χ1) is 9.31. The number of carbonyl (C=O) groups is 1. The minimum atomic E-state index is -0.712. The van der Waals surface area contributed by atoms with Crippen LogP contribution < -0.4 is 5.32 Å². The lowest BCUT2D eigenvalue weighted by molar-refractivity contribution is 0.0917. The largest absolute Gasteiger partial charge is 0.507 e. The van der Waals surface area contributed by atoms with E-state index in [0.29, 0.717) is 12.5 Å². The van der Waals surface area contributed by atoms with Gasteiger partial charge in [-0.25, -0.2) is 4.39 Å². The number of hydrogen-bond acceptors (Lipinski definition) is 3. The summed E-state index contributed by atoms with van der Waals surface area (Å²) in [6.45, 7) is 4.80. The monoisotopic (exact) mass is 282 g/mol. The van der Waals surface area contributed by atoms with Crippen LogP contribution in [-0.4, -0.2) is 42.6 Å². The Morgan fingerprint density at radius 1 is 1.40 bits per heavy atom. The van der Waals surface area contributed by atoms with Crippen molar-refractivity contribution in [1.82, 2.24) is 10.2 Å². The molecule has 1 aromatic rings. The van der Waals surface area contributed by atoms with Gasteiger partial charge < -0.3 is 15.3 Å². The minimum Gasteiger partial charge on any atom is -0.507 e. The van der Waals surface area contributed by atoms with E-state index in [-0.39, 0.29) is 17.4 Å². The molecule has 0 radical (unpaired) electrons. The summed E-state index contributed by atoms with van der Waals surface area (Å²) in [6, 6.07) is 3.75. The van der Waals surface area contributed by atoms with Gasteiger partial charge in [0.1, 0.15) is 17.1 Å². The predicted molar refractivity (Wildman–Crippen MR) is 77.3 cm³/mol. The van der Waals surface area contributed by atoms with Gasteiger partial charge in [-0.05, 0) is 38.6 Å². The van der Waals surface area contributed by atoms with Crippen molar-refractivity contribution in [2.75, 3.05) is 20.6 Å². The molecule has 0 fully saturated rings. The number of nitrogens with one attached hydrogen (secondary N) is 1. The maximum atomic E-state index is 13.6. The lowest BCUT2D eigenvalue weighted by Gasteiger charge is -2.24. The highest BCUT2D eigenvalue weighted by Gasteiger charge is 2.21. The van der Waals surface area contributed by atoms with Crippen molar-refractivity contribution in [2.24, 2.45) is 5.92 Å². The van der Waals surface area contributed by atoms with Crippen molar-refractivity contribution >= 4 is 5.91 Å². The molecule has 1 amide bonds. The average Bonchev–Trinajstić information content (AvgIpc) is 2.26. The van der Waals surface area contributed by atoms with Crippen LogP contribution in [0.5, 0.6) is 5.75 Å². The number of amides is 1. The molecule has 20 heavy (non-hydrogen) atoms. The number of halogens is 1. The van der Waals surface area contributed by atoms with Gasteiger partial charge >= 0.3 is 0 Å². The van der Waals surface area contributed by atoms with Crippen molar-refractivity contribution < 1.29 is 14.3 Å². The highest BCUT2D eigenvalue weighted by molar-refractivity contribution is 5.97. The Hall–Kier alpha value is -1.62. The van der Waals surface area contributed by atoms with E-state index in [1.807, 2.05) is 19.0 Å². The highest BCUT2D eigenvalue weighted by Crippen LogP contribution is 2.20. The van der Waals surface area contributed by atoms with Crippen LogP contribution in [0, 0.1) is 11.7 Å². The minimum absolute atomic E-state index is 0.0866. The van der Waals surface area contributed by atoms with Crippen LogP contribution in [-0.2, 0) is 0 Å². The summed E-state index contributed by atoms with van der Waals surface area (Å²) in [4.78, 5) is 14.1. The van der Waals surface area contributed by atoms with Gasteiger partial charge in [0.2, 0.25) is 0 Å². The van der Waals surface area contributed by atoms with Crippen molar-refractivity contribution in [3.8, 4) is 5.75 Å². The molecular weight excluding hydrogens is 259 g/mol. The molecule has 1 atom stereocenters. The molecule has 0 aliphatic carbocycles. The van der Waals surface area contributed by atoms with Crippen molar-refractivity contribution in [2.45, 2.75) is 26.3 Å². The van der Waals surface area contributed by atoms with Gasteiger partial charge in [0.25, 0.3) is 5.91 Å². The normalized spacial score (nSPS) is 12.8. The van der Waals surface area contributed by atoms with Gasteiger partial charge in [0, 0.05) is 12.6 Å². The summed E-state index contributed by atoms with van der Waals surface area (Å²) < 4.78 is 13.6. The van der Waals surface area contributed by atoms with E-state index in [4.69, 9.17) is 0 Å². The average molecular weight is 282 g/mol. The number of hydrogen-bond donors (Lipinski definition) is 2. The second kappa shape index (κ2) is 7.24. The molecule has 1 aromatic carbocycles. The molecule has 1 rings (SSSR count). The first-order valence-corrected chi connectivity index (χ1v) is 6.74. The fraction of sp³-hybridized carbons (Fsp3) is 0.533. The summed E-state index contributed by atoms with van der Waals surface area (Å²) in [6.07, 6.45) is 0.791. The van der Waals surface area contributed by atoms with Gasteiger partial charge in [-0.2, -0.15) is 0 Å². The maximum Gasteiger partial charge on any atom is 0.258 e. The van der Waals surface area contributed by atoms with Crippen LogP contribution in [0.2, 0.25) is 0 Å². The lowest BCUT2D eigenvalue weighted by Crippen LogP contribution is -2.42. The van der Waals surface area contributed by atoms with Crippen molar-refractivity contribution in [1.29, 1.82) is 0 Å². The van der Waals surface area contributed by atoms with E-state index in [9.17, 15) is 14.3 Å². The highest BCUT2D eigenvalue weighted by atomic mass is 19.1. The number of phenols is 1. The fourth-order valence-electron chi connectivity index (χ4n) is 2.18. The first kappa shape index (κ1) is 16.4. The number of benzene rings is 1. The maximum absolute atomic E-state index is 13.6. The SMILES string of the molecule is CC(C)CC(CN(C)C)NC(=O)c1c(O)cccc1F. The second-order valence-electron chi connectivity index (χ2n) is 5.70. The molecule has 2 N–H and O–H groups in total. The van der Waals surface area contributed by atoms with Crippen LogP contribution >= 0.6 is 0 Å². The van der Waals surface area contributed by atoms with Gasteiger partial charge in [0.15, 0.2) is 0 Å². The number of aromatic hydroxyl groups is 1. The molecule has 0 bridgehead atoms. The Labute approximate surface area is 119 Å². The zero-order valence-corrected chi connectivity index (χ0v) is 12.5. The Morgan fingerprint density at radius 3 is 2.55 bits per heavy atom. The van der Waals surface area contributed by atoms with Crippen LogP contribution in [0.1, 0.15) is 30.6 Å². The summed E-state index contributed by atoms with van der Waals surface area (Å²) >= 11 is 0. The van der Waals surface area contributed by atoms with E-state index in [2.05, 4.69) is 19.2 Å². The third kappa shape index (κ3) is 4.81. The molecule has 0 aromatic heterocycles. The Bertz CT molecular complexity index is 431. The predicted octanol–water partition coefficient (Wildman–Crippen LogP) is 2.24. The summed E-state index contributed by atoms with van der Waals surface area (Å²) in [5, 5.41) is 12.4. The van der Waals surface area contributed by atoms with E-state index >= 15 is 0 Å². The molecule has 0 saturated carbocycles. The number of rotatable bonds is 6. The second-order valence-corrected chi connectivity index (χ2v) is 5.70. The van der Waals surface area contributed by atoms with Gasteiger partial charge in [-0.1, -0.05) is 19.9 Å². The van der Waals surface area contributed by atoms with Crippen LogP contribution in [0.4, 0.5) is 4.39 Å². The third-order valence-corrected chi connectivity index (χ3v) is 2.90. The Balaban J connectivity index is 2.84. The molecule has 5 heteroatoms. The zero-order valence-electron chi connectivity index (χ0n) is 12.5. The molecule has 0 aliphatic rings. The molecule has 1 unspecified atom stereocenters. The van der Waals surface area contributed by atoms with Crippen LogP contribution in [0.15, 0.2) is 18.2 Å². The molecule has 0 spiro atoms. The number of nitrogens with zero attached hydrogens (tertiary/aromatic N) is 1. The molecule has 0 heterocycles. The Kier molecular flexibility index (Phi) is 5.95. The molecule has 0 saturated heterocycles. The first-order valence-electron chi connectivity index (χ1n) is 6.74. The number of phenolic OH excluding ortho intramolecular Hbond substituents is 1. The summed E-state index contributed by atoms with van der Waals surface area (Å²) in [7, 11) is 3.83. The molecular formula is C15H23FN2O2. The molecule has 0 aliphatic heterocycles. The molecule has 112 valence electrons. The van der Waals surface area contributed by atoms with E-state index in [1.165, 1.54) is 12.1 Å². The molecule has 4 nitrogen and oxygen atoms in total. The third-order valence-electron chi connectivity index (χ3n) is 2.90. The van der Waals surface area contributed by atoms with Crippen molar-refractivity contribution in [3.05, 3.63) is 29.6 Å². The van der Waals surface area contributed by atoms with E-state index in [1.54, 1.807) is 0 Å². The Morgan fingerprint density at radius 2 is 2.05 bits per heavy atom. The van der Waals surface area contributed by atoms with Gasteiger partial charge in [0.05, 0.1) is 0 Å². The van der Waals surface area contributed by atoms with Gasteiger partial charge in [-0.3, -0.25) is 4.79 Å². The van der Waals surface area contributed by atoms with E-state index in [0.717, 1.165) is 12.5 Å².